The molecule has 0 bridgehead atoms. The van der Waals surface area contributed by atoms with E-state index in [4.69, 9.17) is 15.2 Å². The Kier molecular flexibility index (Phi) is 3.93. The Morgan fingerprint density at radius 1 is 1.39 bits per heavy atom. The molecule has 1 aliphatic heterocycles. The summed E-state index contributed by atoms with van der Waals surface area (Å²) < 4.78 is 11.5. The number of methoxy groups -OCH3 is 1. The van der Waals surface area contributed by atoms with Crippen LogP contribution in [0.3, 0.4) is 0 Å². The average Bonchev–Trinajstić information content (AvgIpc) is 2.89. The zero-order valence-electron chi connectivity index (χ0n) is 11.5. The first-order valence-electron chi connectivity index (χ1n) is 6.73. The molecule has 1 aromatic rings. The summed E-state index contributed by atoms with van der Waals surface area (Å²) in [6.07, 6.45) is 2.77. The van der Waals surface area contributed by atoms with Gasteiger partial charge in [-0.3, -0.25) is 0 Å². The summed E-state index contributed by atoms with van der Waals surface area (Å²) in [4.78, 5) is 0. The third kappa shape index (κ3) is 2.02. The van der Waals surface area contributed by atoms with Crippen molar-refractivity contribution in [1.82, 2.24) is 0 Å². The molecule has 0 spiro atoms. The van der Waals surface area contributed by atoms with Crippen LogP contribution in [0.2, 0.25) is 0 Å². The fraction of sp³-hybridized carbons (Fsp3) is 0.600. The van der Waals surface area contributed by atoms with Crippen molar-refractivity contribution in [2.45, 2.75) is 44.8 Å². The molecule has 0 amide bonds. The summed E-state index contributed by atoms with van der Waals surface area (Å²) in [5, 5.41) is 0. The van der Waals surface area contributed by atoms with E-state index >= 15 is 0 Å². The molecular weight excluding hydrogens is 226 g/mol. The Morgan fingerprint density at radius 3 is 2.72 bits per heavy atom. The molecule has 0 aliphatic carbocycles. The molecule has 1 heterocycles. The first-order valence-corrected chi connectivity index (χ1v) is 6.73. The summed E-state index contributed by atoms with van der Waals surface area (Å²) in [5.41, 5.74) is 8.51. The fourth-order valence-corrected chi connectivity index (χ4v) is 2.87. The van der Waals surface area contributed by atoms with Gasteiger partial charge in [-0.15, -0.1) is 0 Å². The summed E-state index contributed by atoms with van der Waals surface area (Å²) in [6, 6.07) is 6.10. The highest BCUT2D eigenvalue weighted by Gasteiger charge is 2.36. The van der Waals surface area contributed by atoms with Crippen LogP contribution in [-0.2, 0) is 11.2 Å². The van der Waals surface area contributed by atoms with Gasteiger partial charge in [0.2, 0.25) is 0 Å². The molecule has 3 heteroatoms. The number of fused-ring (bicyclic) bond motifs is 1. The number of para-hydroxylation sites is 1. The minimum atomic E-state index is -0.304. The number of nitrogens with two attached hydrogens (primary N) is 1. The predicted molar refractivity (Wildman–Crippen MR) is 72.9 cm³/mol. The van der Waals surface area contributed by atoms with Crippen LogP contribution in [0.1, 0.15) is 43.9 Å². The van der Waals surface area contributed by atoms with E-state index < -0.39 is 0 Å². The molecule has 2 N–H and O–H groups in total. The molecule has 1 atom stereocenters. The summed E-state index contributed by atoms with van der Waals surface area (Å²) in [7, 11) is 1.75. The standard InChI is InChI=1S/C15H23NO2/c1-4-15(5-2,17-3)14(16)12-8-6-7-11-9-10-18-13(11)12/h6-8,14H,4-5,9-10,16H2,1-3H3. The molecule has 0 saturated heterocycles. The Bertz CT molecular complexity index is 405. The minimum Gasteiger partial charge on any atom is -0.493 e. The molecule has 0 aromatic heterocycles. The maximum absolute atomic E-state index is 6.47. The highest BCUT2D eigenvalue weighted by molar-refractivity contribution is 5.46. The van der Waals surface area contributed by atoms with Crippen molar-refractivity contribution in [1.29, 1.82) is 0 Å². The van der Waals surface area contributed by atoms with Crippen molar-refractivity contribution in [2.75, 3.05) is 13.7 Å². The Hall–Kier alpha value is -1.06. The Balaban J connectivity index is 2.39. The summed E-state index contributed by atoms with van der Waals surface area (Å²) >= 11 is 0. The zero-order chi connectivity index (χ0) is 13.2. The van der Waals surface area contributed by atoms with E-state index in [2.05, 4.69) is 32.0 Å². The molecule has 1 unspecified atom stereocenters. The molecule has 2 rings (SSSR count). The summed E-state index contributed by atoms with van der Waals surface area (Å²) in [5.74, 6) is 0.980. The van der Waals surface area contributed by atoms with E-state index in [1.807, 2.05) is 0 Å². The number of hydrogen-bond donors (Lipinski definition) is 1. The van der Waals surface area contributed by atoms with E-state index in [0.717, 1.165) is 37.2 Å². The van der Waals surface area contributed by atoms with Crippen LogP contribution in [0, 0.1) is 0 Å². The van der Waals surface area contributed by atoms with Gasteiger partial charge in [-0.2, -0.15) is 0 Å². The van der Waals surface area contributed by atoms with Crippen LogP contribution in [0.5, 0.6) is 5.75 Å². The van der Waals surface area contributed by atoms with Crippen molar-refractivity contribution >= 4 is 0 Å². The maximum atomic E-state index is 6.47. The van der Waals surface area contributed by atoms with Gasteiger partial charge >= 0.3 is 0 Å². The van der Waals surface area contributed by atoms with Crippen LogP contribution in [0.15, 0.2) is 18.2 Å². The quantitative estimate of drug-likeness (QED) is 0.872. The molecular formula is C15H23NO2. The molecule has 1 aromatic carbocycles. The van der Waals surface area contributed by atoms with Gasteiger partial charge in [0.15, 0.2) is 0 Å². The molecule has 1 aliphatic rings. The smallest absolute Gasteiger partial charge is 0.127 e. The minimum absolute atomic E-state index is 0.148. The molecule has 0 saturated carbocycles. The van der Waals surface area contributed by atoms with Crippen molar-refractivity contribution < 1.29 is 9.47 Å². The van der Waals surface area contributed by atoms with Gasteiger partial charge in [0.1, 0.15) is 5.75 Å². The second-order valence-corrected chi connectivity index (χ2v) is 4.89. The highest BCUT2D eigenvalue weighted by Crippen LogP contribution is 2.40. The lowest BCUT2D eigenvalue weighted by molar-refractivity contribution is -0.0390. The first-order chi connectivity index (χ1) is 8.68. The molecule has 100 valence electrons. The fourth-order valence-electron chi connectivity index (χ4n) is 2.87. The van der Waals surface area contributed by atoms with Gasteiger partial charge in [-0.25, -0.2) is 0 Å². The van der Waals surface area contributed by atoms with Gasteiger partial charge in [0, 0.05) is 19.1 Å². The number of ether oxygens (including phenoxy) is 2. The van der Waals surface area contributed by atoms with Crippen molar-refractivity contribution in [3.63, 3.8) is 0 Å². The average molecular weight is 249 g/mol. The van der Waals surface area contributed by atoms with E-state index in [1.54, 1.807) is 7.11 Å². The van der Waals surface area contributed by atoms with Crippen LogP contribution < -0.4 is 10.5 Å². The molecule has 3 nitrogen and oxygen atoms in total. The lowest BCUT2D eigenvalue weighted by Gasteiger charge is -2.36. The molecule has 0 radical (unpaired) electrons. The highest BCUT2D eigenvalue weighted by atomic mass is 16.5. The zero-order valence-corrected chi connectivity index (χ0v) is 11.5. The van der Waals surface area contributed by atoms with Crippen LogP contribution in [0.4, 0.5) is 0 Å². The number of hydrogen-bond acceptors (Lipinski definition) is 3. The molecule has 0 fully saturated rings. The molecule has 18 heavy (non-hydrogen) atoms. The van der Waals surface area contributed by atoms with Crippen molar-refractivity contribution in [2.24, 2.45) is 5.73 Å². The lowest BCUT2D eigenvalue weighted by Crippen LogP contribution is -2.42. The largest absolute Gasteiger partial charge is 0.493 e. The topological polar surface area (TPSA) is 44.5 Å². The third-order valence-corrected chi connectivity index (χ3v) is 4.25. The number of rotatable bonds is 5. The first kappa shape index (κ1) is 13.4. The predicted octanol–water partition coefficient (Wildman–Crippen LogP) is 2.83. The Morgan fingerprint density at radius 2 is 2.11 bits per heavy atom. The van der Waals surface area contributed by atoms with Crippen molar-refractivity contribution in [3.05, 3.63) is 29.3 Å². The monoisotopic (exact) mass is 249 g/mol. The van der Waals surface area contributed by atoms with Crippen LogP contribution in [0.25, 0.3) is 0 Å². The van der Waals surface area contributed by atoms with Crippen molar-refractivity contribution in [3.8, 4) is 5.75 Å². The van der Waals surface area contributed by atoms with E-state index in [9.17, 15) is 0 Å². The summed E-state index contributed by atoms with van der Waals surface area (Å²) in [6.45, 7) is 5.01. The van der Waals surface area contributed by atoms with Gasteiger partial charge in [0.25, 0.3) is 0 Å². The van der Waals surface area contributed by atoms with E-state index in [1.165, 1.54) is 5.56 Å². The second-order valence-electron chi connectivity index (χ2n) is 4.89. The SMILES string of the molecule is CCC(CC)(OC)C(N)c1cccc2c1OCC2. The number of benzene rings is 1. The van der Waals surface area contributed by atoms with E-state index in [0.29, 0.717) is 0 Å². The normalized spacial score (nSPS) is 16.2. The van der Waals surface area contributed by atoms with Gasteiger partial charge < -0.3 is 15.2 Å². The second kappa shape index (κ2) is 5.29. The van der Waals surface area contributed by atoms with Gasteiger partial charge in [0.05, 0.1) is 18.2 Å². The third-order valence-electron chi connectivity index (χ3n) is 4.25. The lowest BCUT2D eigenvalue weighted by atomic mass is 9.83. The van der Waals surface area contributed by atoms with E-state index in [-0.39, 0.29) is 11.6 Å². The van der Waals surface area contributed by atoms with Gasteiger partial charge in [-0.05, 0) is 18.4 Å². The van der Waals surface area contributed by atoms with Gasteiger partial charge in [-0.1, -0.05) is 32.0 Å². The van der Waals surface area contributed by atoms with Crippen LogP contribution in [-0.4, -0.2) is 19.3 Å². The maximum Gasteiger partial charge on any atom is 0.127 e. The van der Waals surface area contributed by atoms with Crippen LogP contribution >= 0.6 is 0 Å². The Labute approximate surface area is 109 Å².